The van der Waals surface area contributed by atoms with Gasteiger partial charge < -0.3 is 15.3 Å². The highest BCUT2D eigenvalue weighted by Crippen LogP contribution is 2.05. The first kappa shape index (κ1) is 13.2. The molecule has 0 radical (unpaired) electrons. The van der Waals surface area contributed by atoms with Gasteiger partial charge in [0.05, 0.1) is 0 Å². The van der Waals surface area contributed by atoms with Crippen molar-refractivity contribution in [2.75, 3.05) is 45.8 Å². The van der Waals surface area contributed by atoms with Gasteiger partial charge >= 0.3 is 0 Å². The number of rotatable bonds is 8. The van der Waals surface area contributed by atoms with Crippen LogP contribution in [0.25, 0.3) is 0 Å². The van der Waals surface area contributed by atoms with Crippen LogP contribution >= 0.6 is 11.8 Å². The molecule has 0 aliphatic carbocycles. The molecular formula is C9H22N2OS. The predicted molar refractivity (Wildman–Crippen MR) is 60.4 cm³/mol. The number of nitrogens with one attached hydrogen (secondary N) is 1. The minimum atomic E-state index is 0.278. The molecule has 80 valence electrons. The molecule has 2 N–H and O–H groups in total. The molecule has 1 atom stereocenters. The molecule has 1 unspecified atom stereocenters. The Hall–Kier alpha value is 0.230. The molecule has 0 aromatic rings. The van der Waals surface area contributed by atoms with Crippen LogP contribution in [0.5, 0.6) is 0 Å². The van der Waals surface area contributed by atoms with Crippen LogP contribution in [0.4, 0.5) is 0 Å². The summed E-state index contributed by atoms with van der Waals surface area (Å²) in [4.78, 5) is 2.19. The fourth-order valence-corrected chi connectivity index (χ4v) is 2.22. The molecule has 0 bridgehead atoms. The lowest BCUT2D eigenvalue weighted by molar-refractivity contribution is 0.273. The Balaban J connectivity index is 3.27. The molecule has 0 spiro atoms. The number of nitrogens with zero attached hydrogens (tertiary/aromatic N) is 1. The summed E-state index contributed by atoms with van der Waals surface area (Å²) in [6, 6.07) is 0.456. The third-order valence-corrected chi connectivity index (χ3v) is 3.00. The topological polar surface area (TPSA) is 35.5 Å². The maximum absolute atomic E-state index is 8.76. The summed E-state index contributed by atoms with van der Waals surface area (Å²) in [7, 11) is 6.13. The second-order valence-electron chi connectivity index (χ2n) is 3.38. The summed E-state index contributed by atoms with van der Waals surface area (Å²) in [6.07, 6.45) is 0.853. The fraction of sp³-hybridized carbons (Fsp3) is 1.00. The minimum absolute atomic E-state index is 0.278. The lowest BCUT2D eigenvalue weighted by Crippen LogP contribution is -2.29. The van der Waals surface area contributed by atoms with Crippen LogP contribution in [-0.4, -0.2) is 61.8 Å². The van der Waals surface area contributed by atoms with Gasteiger partial charge in [0.1, 0.15) is 0 Å². The first-order chi connectivity index (χ1) is 6.20. The van der Waals surface area contributed by atoms with Crippen molar-refractivity contribution in [3.63, 3.8) is 0 Å². The highest BCUT2D eigenvalue weighted by Gasteiger charge is 2.04. The Morgan fingerprint density at radius 1 is 1.46 bits per heavy atom. The van der Waals surface area contributed by atoms with E-state index in [-0.39, 0.29) is 6.61 Å². The van der Waals surface area contributed by atoms with Crippen LogP contribution in [0.1, 0.15) is 6.42 Å². The molecule has 0 saturated heterocycles. The largest absolute Gasteiger partial charge is 0.396 e. The number of aliphatic hydroxyl groups excluding tert-OH is 1. The van der Waals surface area contributed by atoms with Crippen molar-refractivity contribution in [1.29, 1.82) is 0 Å². The molecule has 4 heteroatoms. The van der Waals surface area contributed by atoms with E-state index in [1.807, 2.05) is 18.8 Å². The second-order valence-corrected chi connectivity index (χ2v) is 4.53. The van der Waals surface area contributed by atoms with E-state index in [0.29, 0.717) is 6.04 Å². The monoisotopic (exact) mass is 206 g/mol. The smallest absolute Gasteiger partial charge is 0.0446 e. The van der Waals surface area contributed by atoms with Crippen LogP contribution in [0, 0.1) is 0 Å². The van der Waals surface area contributed by atoms with Gasteiger partial charge in [0.15, 0.2) is 0 Å². The zero-order valence-corrected chi connectivity index (χ0v) is 9.73. The van der Waals surface area contributed by atoms with Crippen molar-refractivity contribution >= 4 is 11.8 Å². The van der Waals surface area contributed by atoms with Gasteiger partial charge in [0.2, 0.25) is 0 Å². The summed E-state index contributed by atoms with van der Waals surface area (Å²) in [5.41, 5.74) is 0. The van der Waals surface area contributed by atoms with Crippen LogP contribution in [0.3, 0.4) is 0 Å². The Bertz CT molecular complexity index is 112. The molecule has 0 amide bonds. The Morgan fingerprint density at radius 3 is 2.62 bits per heavy atom. The third kappa shape index (κ3) is 8.56. The van der Waals surface area contributed by atoms with E-state index >= 15 is 0 Å². The standard InChI is InChI=1S/C9H22N2OS/c1-10-9(4-6-12)8-13-7-5-11(2)3/h9-10,12H,4-8H2,1-3H3. The lowest BCUT2D eigenvalue weighted by atomic mass is 10.2. The summed E-state index contributed by atoms with van der Waals surface area (Å²) < 4.78 is 0. The van der Waals surface area contributed by atoms with Crippen molar-refractivity contribution in [2.45, 2.75) is 12.5 Å². The van der Waals surface area contributed by atoms with E-state index in [1.165, 1.54) is 0 Å². The Kier molecular flexibility index (Phi) is 8.97. The number of thioether (sulfide) groups is 1. The van der Waals surface area contributed by atoms with Gasteiger partial charge in [-0.25, -0.2) is 0 Å². The third-order valence-electron chi connectivity index (χ3n) is 1.89. The lowest BCUT2D eigenvalue weighted by Gasteiger charge is -2.15. The van der Waals surface area contributed by atoms with Crippen molar-refractivity contribution in [3.05, 3.63) is 0 Å². The first-order valence-corrected chi connectivity index (χ1v) is 5.86. The molecule has 0 aromatic carbocycles. The Morgan fingerprint density at radius 2 is 2.15 bits per heavy atom. The van der Waals surface area contributed by atoms with Crippen LogP contribution in [0.2, 0.25) is 0 Å². The quantitative estimate of drug-likeness (QED) is 0.558. The van der Waals surface area contributed by atoms with E-state index in [2.05, 4.69) is 24.3 Å². The van der Waals surface area contributed by atoms with Gasteiger partial charge in [-0.2, -0.15) is 11.8 Å². The van der Waals surface area contributed by atoms with E-state index in [0.717, 1.165) is 24.5 Å². The zero-order chi connectivity index (χ0) is 10.1. The zero-order valence-electron chi connectivity index (χ0n) is 8.92. The van der Waals surface area contributed by atoms with Crippen molar-refractivity contribution in [1.82, 2.24) is 10.2 Å². The first-order valence-electron chi connectivity index (χ1n) is 4.71. The molecule has 0 heterocycles. The highest BCUT2D eigenvalue weighted by atomic mass is 32.2. The van der Waals surface area contributed by atoms with Gasteiger partial charge in [0, 0.05) is 30.7 Å². The Labute approximate surface area is 85.9 Å². The van der Waals surface area contributed by atoms with Crippen LogP contribution < -0.4 is 5.32 Å². The number of hydrogen-bond acceptors (Lipinski definition) is 4. The van der Waals surface area contributed by atoms with Gasteiger partial charge in [-0.05, 0) is 27.6 Å². The normalized spacial score (nSPS) is 13.6. The molecule has 13 heavy (non-hydrogen) atoms. The summed E-state index contributed by atoms with van der Waals surface area (Å²) >= 11 is 1.94. The minimum Gasteiger partial charge on any atom is -0.396 e. The molecule has 0 aromatic heterocycles. The van der Waals surface area contributed by atoms with E-state index < -0.39 is 0 Å². The average molecular weight is 206 g/mol. The molecule has 0 fully saturated rings. The van der Waals surface area contributed by atoms with Crippen LogP contribution in [-0.2, 0) is 0 Å². The highest BCUT2D eigenvalue weighted by molar-refractivity contribution is 7.99. The molecule has 0 rings (SSSR count). The summed E-state index contributed by atoms with van der Waals surface area (Å²) in [6.45, 7) is 1.40. The summed E-state index contributed by atoms with van der Waals surface area (Å²) in [5, 5.41) is 12.0. The number of hydrogen-bond donors (Lipinski definition) is 2. The molecular weight excluding hydrogens is 184 g/mol. The van der Waals surface area contributed by atoms with E-state index in [1.54, 1.807) is 0 Å². The molecule has 0 aliphatic heterocycles. The van der Waals surface area contributed by atoms with E-state index in [4.69, 9.17) is 5.11 Å². The number of aliphatic hydroxyl groups is 1. The van der Waals surface area contributed by atoms with Crippen LogP contribution in [0.15, 0.2) is 0 Å². The predicted octanol–water partition coefficient (Wildman–Crippen LogP) is 0.252. The van der Waals surface area contributed by atoms with Crippen molar-refractivity contribution in [3.8, 4) is 0 Å². The average Bonchev–Trinajstić information content (AvgIpc) is 2.10. The molecule has 3 nitrogen and oxygen atoms in total. The van der Waals surface area contributed by atoms with E-state index in [9.17, 15) is 0 Å². The van der Waals surface area contributed by atoms with Gasteiger partial charge in [-0.3, -0.25) is 0 Å². The van der Waals surface area contributed by atoms with Gasteiger partial charge in [-0.15, -0.1) is 0 Å². The molecule has 0 saturated carbocycles. The maximum atomic E-state index is 8.76. The molecule has 0 aliphatic rings. The summed E-state index contributed by atoms with van der Waals surface area (Å²) in [5.74, 6) is 2.25. The van der Waals surface area contributed by atoms with Gasteiger partial charge in [-0.1, -0.05) is 0 Å². The fourth-order valence-electron chi connectivity index (χ4n) is 0.940. The van der Waals surface area contributed by atoms with Crippen molar-refractivity contribution < 1.29 is 5.11 Å². The van der Waals surface area contributed by atoms with Gasteiger partial charge in [0.25, 0.3) is 0 Å². The SMILES string of the molecule is CNC(CCO)CSCCN(C)C. The second kappa shape index (κ2) is 8.81. The maximum Gasteiger partial charge on any atom is 0.0446 e. The van der Waals surface area contributed by atoms with Crippen molar-refractivity contribution in [2.24, 2.45) is 0 Å².